The maximum atomic E-state index is 12.5. The number of aromatic nitrogens is 3. The molecule has 1 unspecified atom stereocenters. The van der Waals surface area contributed by atoms with Gasteiger partial charge in [-0.15, -0.1) is 16.8 Å². The van der Waals surface area contributed by atoms with Crippen LogP contribution >= 0.6 is 11.8 Å². The summed E-state index contributed by atoms with van der Waals surface area (Å²) in [6.45, 7) is 4.48. The molecule has 0 saturated heterocycles. The van der Waals surface area contributed by atoms with Crippen LogP contribution in [0.25, 0.3) is 0 Å². The number of amides is 1. The molecule has 0 aromatic carbocycles. The monoisotopic (exact) mass is 399 g/mol. The van der Waals surface area contributed by atoms with Gasteiger partial charge in [-0.2, -0.15) is 4.99 Å². The molecule has 1 aromatic rings. The van der Waals surface area contributed by atoms with E-state index < -0.39 is 5.92 Å². The van der Waals surface area contributed by atoms with Crippen LogP contribution in [0.2, 0.25) is 0 Å². The van der Waals surface area contributed by atoms with Gasteiger partial charge in [0.2, 0.25) is 0 Å². The number of ether oxygens (including phenoxy) is 2. The van der Waals surface area contributed by atoms with Gasteiger partial charge in [0, 0.05) is 18.5 Å². The highest BCUT2D eigenvalue weighted by Crippen LogP contribution is 2.40. The summed E-state index contributed by atoms with van der Waals surface area (Å²) in [5.74, 6) is 2.66. The lowest BCUT2D eigenvalue weighted by Gasteiger charge is -2.22. The van der Waals surface area contributed by atoms with Crippen LogP contribution in [0.3, 0.4) is 0 Å². The number of allylic oxidation sites excluding steroid dienone is 2. The fraction of sp³-hybridized carbons (Fsp3) is 0.421. The number of rotatable bonds is 8. The summed E-state index contributed by atoms with van der Waals surface area (Å²) < 4.78 is 12.7. The lowest BCUT2D eigenvalue weighted by Crippen LogP contribution is -2.30. The van der Waals surface area contributed by atoms with Crippen LogP contribution in [0.1, 0.15) is 24.6 Å². The Morgan fingerprint density at radius 2 is 2.04 bits per heavy atom. The van der Waals surface area contributed by atoms with E-state index in [9.17, 15) is 4.79 Å². The fourth-order valence-electron chi connectivity index (χ4n) is 3.16. The Morgan fingerprint density at radius 1 is 1.25 bits per heavy atom. The molecular weight excluding hydrogens is 378 g/mol. The van der Waals surface area contributed by atoms with Gasteiger partial charge in [-0.1, -0.05) is 17.8 Å². The normalized spacial score (nSPS) is 21.2. The minimum Gasteiger partial charge on any atom is -0.493 e. The van der Waals surface area contributed by atoms with Crippen molar-refractivity contribution in [1.82, 2.24) is 14.8 Å². The van der Waals surface area contributed by atoms with Gasteiger partial charge in [-0.25, -0.2) is 4.99 Å². The average molecular weight is 399 g/mol. The van der Waals surface area contributed by atoms with Crippen molar-refractivity contribution in [3.05, 3.63) is 42.1 Å². The van der Waals surface area contributed by atoms with Crippen LogP contribution in [0.5, 0.6) is 0 Å². The zero-order valence-electron chi connectivity index (χ0n) is 15.8. The van der Waals surface area contributed by atoms with Crippen LogP contribution in [0, 0.1) is 5.92 Å². The molecule has 2 heterocycles. The number of amidine groups is 1. The molecule has 1 aliphatic heterocycles. The van der Waals surface area contributed by atoms with Crippen LogP contribution in [0.15, 0.2) is 51.5 Å². The molecule has 0 N–H and O–H groups in total. The summed E-state index contributed by atoms with van der Waals surface area (Å²) in [6, 6.07) is 0. The van der Waals surface area contributed by atoms with Crippen LogP contribution < -0.4 is 0 Å². The maximum absolute atomic E-state index is 12.5. The van der Waals surface area contributed by atoms with E-state index in [1.807, 2.05) is 6.08 Å². The first-order valence-corrected chi connectivity index (χ1v) is 10.0. The SMILES string of the molecule is C=CCn1c(SCC2=NC(=O)C3C=C(OC)C(OC)=CC3=N2)nnc1C1CC1. The smallest absolute Gasteiger partial charge is 0.260 e. The first kappa shape index (κ1) is 18.7. The summed E-state index contributed by atoms with van der Waals surface area (Å²) in [5.41, 5.74) is 0.611. The zero-order chi connectivity index (χ0) is 19.7. The van der Waals surface area contributed by atoms with Crippen molar-refractivity contribution in [2.75, 3.05) is 20.0 Å². The molecule has 8 nitrogen and oxygen atoms in total. The quantitative estimate of drug-likeness (QED) is 0.493. The van der Waals surface area contributed by atoms with Crippen LogP contribution in [0.4, 0.5) is 0 Å². The third-order valence-corrected chi connectivity index (χ3v) is 5.65. The van der Waals surface area contributed by atoms with Crippen molar-refractivity contribution in [1.29, 1.82) is 0 Å². The first-order chi connectivity index (χ1) is 13.6. The number of thioether (sulfide) groups is 1. The van der Waals surface area contributed by atoms with Gasteiger partial charge in [0.1, 0.15) is 17.6 Å². The van der Waals surface area contributed by atoms with Gasteiger partial charge in [-0.3, -0.25) is 4.79 Å². The number of fused-ring (bicyclic) bond motifs is 1. The summed E-state index contributed by atoms with van der Waals surface area (Å²) in [7, 11) is 3.09. The van der Waals surface area contributed by atoms with E-state index >= 15 is 0 Å². The summed E-state index contributed by atoms with van der Waals surface area (Å²) in [5, 5.41) is 9.43. The van der Waals surface area contributed by atoms with Crippen molar-refractivity contribution in [3.8, 4) is 0 Å². The summed E-state index contributed by atoms with van der Waals surface area (Å²) >= 11 is 1.47. The van der Waals surface area contributed by atoms with Gasteiger partial charge in [0.05, 0.1) is 25.7 Å². The Kier molecular flexibility index (Phi) is 5.17. The second-order valence-electron chi connectivity index (χ2n) is 6.63. The predicted molar refractivity (Wildman–Crippen MR) is 106 cm³/mol. The third-order valence-electron chi connectivity index (χ3n) is 4.69. The molecule has 1 saturated carbocycles. The Bertz CT molecular complexity index is 939. The van der Waals surface area contributed by atoms with Crippen molar-refractivity contribution in [3.63, 3.8) is 0 Å². The molecule has 0 spiro atoms. The van der Waals surface area contributed by atoms with Crippen LogP contribution in [-0.4, -0.2) is 52.2 Å². The molecule has 9 heteroatoms. The van der Waals surface area contributed by atoms with Gasteiger partial charge < -0.3 is 14.0 Å². The number of carbonyl (C=O) groups is 1. The van der Waals surface area contributed by atoms with Gasteiger partial charge >= 0.3 is 0 Å². The Morgan fingerprint density at radius 3 is 2.71 bits per heavy atom. The van der Waals surface area contributed by atoms with Crippen molar-refractivity contribution < 1.29 is 14.3 Å². The topological polar surface area (TPSA) is 91.0 Å². The van der Waals surface area contributed by atoms with E-state index in [0.29, 0.717) is 41.3 Å². The largest absolute Gasteiger partial charge is 0.493 e. The van der Waals surface area contributed by atoms with Crippen molar-refractivity contribution in [2.45, 2.75) is 30.5 Å². The molecule has 0 bridgehead atoms. The second kappa shape index (κ2) is 7.75. The predicted octanol–water partition coefficient (Wildman–Crippen LogP) is 2.50. The minimum atomic E-state index is -0.534. The average Bonchev–Trinajstić information content (AvgIpc) is 3.47. The number of nitrogens with zero attached hydrogens (tertiary/aromatic N) is 5. The standard InChI is InChI=1S/C19H21N5O3S/c1-4-7-24-17(11-5-6-11)22-23-19(24)28-10-16-20-13-9-15(27-3)14(26-2)8-12(13)18(25)21-16/h4,8-9,11-12H,1,5-7,10H2,2-3H3. The maximum Gasteiger partial charge on any atom is 0.260 e. The van der Waals surface area contributed by atoms with E-state index in [4.69, 9.17) is 9.47 Å². The zero-order valence-corrected chi connectivity index (χ0v) is 16.6. The summed E-state index contributed by atoms with van der Waals surface area (Å²) in [6.07, 6.45) is 7.56. The highest BCUT2D eigenvalue weighted by atomic mass is 32.2. The van der Waals surface area contributed by atoms with Crippen molar-refractivity contribution in [2.24, 2.45) is 15.9 Å². The van der Waals surface area contributed by atoms with Gasteiger partial charge in [-0.05, 0) is 18.9 Å². The number of aliphatic imine (C=N–C) groups is 2. The number of hydrogen-bond acceptors (Lipinski definition) is 7. The van der Waals surface area contributed by atoms with E-state index in [1.165, 1.54) is 18.9 Å². The number of methoxy groups -OCH3 is 2. The Balaban J connectivity index is 1.52. The fourth-order valence-corrected chi connectivity index (χ4v) is 3.97. The second-order valence-corrected chi connectivity index (χ2v) is 7.57. The molecule has 4 rings (SSSR count). The van der Waals surface area contributed by atoms with E-state index in [1.54, 1.807) is 19.3 Å². The van der Waals surface area contributed by atoms with Crippen molar-refractivity contribution >= 4 is 29.2 Å². The Labute approximate surface area is 167 Å². The highest BCUT2D eigenvalue weighted by molar-refractivity contribution is 7.99. The minimum absolute atomic E-state index is 0.257. The van der Waals surface area contributed by atoms with E-state index in [-0.39, 0.29) is 5.91 Å². The molecule has 1 aromatic heterocycles. The molecule has 0 radical (unpaired) electrons. The number of carbonyl (C=O) groups excluding carboxylic acids is 1. The van der Waals surface area contributed by atoms with Crippen LogP contribution in [-0.2, 0) is 20.8 Å². The first-order valence-electron chi connectivity index (χ1n) is 9.03. The van der Waals surface area contributed by atoms with E-state index in [2.05, 4.69) is 31.3 Å². The summed E-state index contributed by atoms with van der Waals surface area (Å²) in [4.78, 5) is 21.2. The van der Waals surface area contributed by atoms with Gasteiger partial charge in [0.15, 0.2) is 16.7 Å². The molecule has 28 heavy (non-hydrogen) atoms. The molecule has 3 aliphatic rings. The Hall–Kier alpha value is -2.68. The molecule has 1 amide bonds. The lowest BCUT2D eigenvalue weighted by molar-refractivity contribution is -0.118. The molecule has 1 atom stereocenters. The lowest BCUT2D eigenvalue weighted by atomic mass is 9.95. The molecular formula is C19H21N5O3S. The number of hydrogen-bond donors (Lipinski definition) is 0. The molecule has 2 aliphatic carbocycles. The highest BCUT2D eigenvalue weighted by Gasteiger charge is 2.32. The van der Waals surface area contributed by atoms with Gasteiger partial charge in [0.25, 0.3) is 5.91 Å². The molecule has 146 valence electrons. The van der Waals surface area contributed by atoms with E-state index in [0.717, 1.165) is 23.8 Å². The molecule has 1 fully saturated rings. The third kappa shape index (κ3) is 3.54.